The number of carbonyl (C=O) groups excluding carboxylic acids is 1. The Morgan fingerprint density at radius 3 is 2.68 bits per heavy atom. The third-order valence-corrected chi connectivity index (χ3v) is 6.79. The second-order valence-electron chi connectivity index (χ2n) is 7.50. The van der Waals surface area contributed by atoms with Crippen LogP contribution in [0.2, 0.25) is 0 Å². The summed E-state index contributed by atoms with van der Waals surface area (Å²) in [6.07, 6.45) is 0. The number of fused-ring (bicyclic) bond motifs is 3. The number of hydrogen-bond donors (Lipinski definition) is 0. The number of para-hydroxylation sites is 1. The molecule has 2 aliphatic heterocycles. The topological polar surface area (TPSA) is 81.9 Å². The van der Waals surface area contributed by atoms with Gasteiger partial charge in [-0.25, -0.2) is 4.98 Å². The number of nitrogens with zero attached hydrogens (tertiary/aromatic N) is 2. The van der Waals surface area contributed by atoms with Gasteiger partial charge in [-0.1, -0.05) is 18.2 Å². The molecule has 0 radical (unpaired) electrons. The number of rotatable bonds is 2. The molecule has 0 aliphatic carbocycles. The number of hydrogen-bond acceptors (Lipinski definition) is 7. The third kappa shape index (κ3) is 2.55. The number of carbonyl (C=O) groups is 1. The summed E-state index contributed by atoms with van der Waals surface area (Å²) in [5.41, 5.74) is 2.05. The summed E-state index contributed by atoms with van der Waals surface area (Å²) >= 11 is 1.41. The van der Waals surface area contributed by atoms with Gasteiger partial charge >= 0.3 is 0 Å². The first-order valence-corrected chi connectivity index (χ1v) is 10.6. The van der Waals surface area contributed by atoms with Crippen LogP contribution < -0.4 is 19.8 Å². The molecule has 2 aliphatic rings. The van der Waals surface area contributed by atoms with E-state index in [1.165, 1.54) is 11.3 Å². The molecular weight excluding hydrogens is 416 g/mol. The van der Waals surface area contributed by atoms with Gasteiger partial charge in [0, 0.05) is 4.88 Å². The maximum absolute atomic E-state index is 13.5. The molecule has 0 saturated carbocycles. The Kier molecular flexibility index (Phi) is 3.76. The summed E-state index contributed by atoms with van der Waals surface area (Å²) in [4.78, 5) is 34.2. The van der Waals surface area contributed by atoms with E-state index in [1.807, 2.05) is 26.0 Å². The molecule has 1 atom stereocenters. The van der Waals surface area contributed by atoms with Gasteiger partial charge in [0.05, 0.1) is 22.7 Å². The second kappa shape index (κ2) is 6.42. The van der Waals surface area contributed by atoms with E-state index in [0.717, 1.165) is 16.1 Å². The van der Waals surface area contributed by atoms with Gasteiger partial charge in [0.2, 0.25) is 12.6 Å². The molecule has 0 N–H and O–H groups in total. The van der Waals surface area contributed by atoms with Gasteiger partial charge in [0.25, 0.3) is 5.91 Å². The lowest BCUT2D eigenvalue weighted by Crippen LogP contribution is -2.29. The van der Waals surface area contributed by atoms with Crippen LogP contribution in [0.25, 0.3) is 11.0 Å². The van der Waals surface area contributed by atoms with Gasteiger partial charge in [0.15, 0.2) is 22.1 Å². The van der Waals surface area contributed by atoms with Gasteiger partial charge in [-0.05, 0) is 43.7 Å². The van der Waals surface area contributed by atoms with Crippen LogP contribution in [-0.4, -0.2) is 17.7 Å². The van der Waals surface area contributed by atoms with Crippen LogP contribution in [-0.2, 0) is 0 Å². The molecule has 2 aromatic heterocycles. The summed E-state index contributed by atoms with van der Waals surface area (Å²) in [6, 6.07) is 11.7. The standard InChI is InChI=1S/C23H16N2O5S/c1-11-12(2)31-23(24-11)25-19(13-7-8-16-17(9-13)29-10-28-16)18-20(26)14-5-3-4-6-15(14)30-21(18)22(25)27/h3-9,19H,10H2,1-2H3. The number of anilines is 1. The lowest BCUT2D eigenvalue weighted by atomic mass is 9.98. The monoisotopic (exact) mass is 432 g/mol. The SMILES string of the molecule is Cc1nc(N2C(=O)c3oc4ccccc4c(=O)c3C2c2ccc3c(c2)OCO3)sc1C. The fourth-order valence-corrected chi connectivity index (χ4v) is 5.01. The summed E-state index contributed by atoms with van der Waals surface area (Å²) in [5, 5.41) is 0.964. The predicted octanol–water partition coefficient (Wildman–Crippen LogP) is 4.34. The minimum absolute atomic E-state index is 0.0527. The molecule has 4 heterocycles. The van der Waals surface area contributed by atoms with Crippen LogP contribution in [0.5, 0.6) is 11.5 Å². The lowest BCUT2D eigenvalue weighted by Gasteiger charge is -2.22. The zero-order valence-electron chi connectivity index (χ0n) is 16.7. The minimum Gasteiger partial charge on any atom is -0.454 e. The van der Waals surface area contributed by atoms with E-state index in [2.05, 4.69) is 4.98 Å². The number of ether oxygens (including phenoxy) is 2. The summed E-state index contributed by atoms with van der Waals surface area (Å²) < 4.78 is 16.9. The number of amides is 1. The van der Waals surface area contributed by atoms with Crippen molar-refractivity contribution >= 4 is 33.3 Å². The fourth-order valence-electron chi connectivity index (χ4n) is 4.07. The molecule has 1 unspecified atom stereocenters. The molecule has 2 aromatic carbocycles. The van der Waals surface area contributed by atoms with E-state index in [4.69, 9.17) is 13.9 Å². The number of aromatic nitrogens is 1. The molecule has 0 saturated heterocycles. The van der Waals surface area contributed by atoms with Crippen molar-refractivity contribution in [1.82, 2.24) is 4.98 Å². The van der Waals surface area contributed by atoms with Crippen molar-refractivity contribution in [3.8, 4) is 11.5 Å². The van der Waals surface area contributed by atoms with Crippen molar-refractivity contribution in [2.75, 3.05) is 11.7 Å². The van der Waals surface area contributed by atoms with Crippen molar-refractivity contribution in [1.29, 1.82) is 0 Å². The van der Waals surface area contributed by atoms with Gasteiger partial charge in [0.1, 0.15) is 5.58 Å². The van der Waals surface area contributed by atoms with Gasteiger partial charge in [-0.15, -0.1) is 11.3 Å². The smallest absolute Gasteiger partial charge is 0.297 e. The first-order valence-electron chi connectivity index (χ1n) is 9.76. The molecule has 0 spiro atoms. The van der Waals surface area contributed by atoms with Crippen LogP contribution in [0.15, 0.2) is 51.7 Å². The average molecular weight is 432 g/mol. The highest BCUT2D eigenvalue weighted by Crippen LogP contribution is 2.45. The van der Waals surface area contributed by atoms with E-state index in [1.54, 1.807) is 35.2 Å². The van der Waals surface area contributed by atoms with E-state index < -0.39 is 6.04 Å². The van der Waals surface area contributed by atoms with Crippen LogP contribution in [0.1, 0.15) is 38.3 Å². The van der Waals surface area contributed by atoms with E-state index in [-0.39, 0.29) is 23.9 Å². The fraction of sp³-hybridized carbons (Fsp3) is 0.174. The van der Waals surface area contributed by atoms with Crippen LogP contribution in [0.4, 0.5) is 5.13 Å². The van der Waals surface area contributed by atoms with Gasteiger partial charge in [-0.3, -0.25) is 14.5 Å². The van der Waals surface area contributed by atoms with Crippen molar-refractivity contribution < 1.29 is 18.7 Å². The molecule has 6 rings (SSSR count). The highest BCUT2D eigenvalue weighted by Gasteiger charge is 2.45. The van der Waals surface area contributed by atoms with Crippen molar-refractivity contribution in [3.05, 3.63) is 80.1 Å². The molecule has 1 amide bonds. The Bertz CT molecular complexity index is 1430. The summed E-state index contributed by atoms with van der Waals surface area (Å²) in [5.74, 6) is 0.882. The molecular formula is C23H16N2O5S. The Labute approximate surface area is 180 Å². The molecule has 8 heteroatoms. The number of aryl methyl sites for hydroxylation is 2. The first-order chi connectivity index (χ1) is 15.0. The number of thiazole rings is 1. The van der Waals surface area contributed by atoms with Crippen LogP contribution >= 0.6 is 11.3 Å². The first kappa shape index (κ1) is 18.1. The maximum Gasteiger partial charge on any atom is 0.297 e. The van der Waals surface area contributed by atoms with E-state index >= 15 is 0 Å². The quantitative estimate of drug-likeness (QED) is 0.469. The largest absolute Gasteiger partial charge is 0.454 e. The zero-order chi connectivity index (χ0) is 21.3. The zero-order valence-corrected chi connectivity index (χ0v) is 17.5. The molecule has 7 nitrogen and oxygen atoms in total. The molecule has 154 valence electrons. The Morgan fingerprint density at radius 2 is 1.87 bits per heavy atom. The Balaban J connectivity index is 1.64. The minimum atomic E-state index is -0.678. The molecule has 4 aromatic rings. The predicted molar refractivity (Wildman–Crippen MR) is 115 cm³/mol. The Hall–Kier alpha value is -3.65. The third-order valence-electron chi connectivity index (χ3n) is 5.71. The molecule has 31 heavy (non-hydrogen) atoms. The normalized spacial score (nSPS) is 16.9. The Morgan fingerprint density at radius 1 is 1.06 bits per heavy atom. The second-order valence-corrected chi connectivity index (χ2v) is 8.68. The highest BCUT2D eigenvalue weighted by atomic mass is 32.1. The van der Waals surface area contributed by atoms with Gasteiger partial charge in [-0.2, -0.15) is 0 Å². The average Bonchev–Trinajstić information content (AvgIpc) is 3.44. The molecule has 0 bridgehead atoms. The van der Waals surface area contributed by atoms with Crippen molar-refractivity contribution in [2.24, 2.45) is 0 Å². The maximum atomic E-state index is 13.5. The summed E-state index contributed by atoms with van der Waals surface area (Å²) in [6.45, 7) is 3.99. The summed E-state index contributed by atoms with van der Waals surface area (Å²) in [7, 11) is 0. The highest BCUT2D eigenvalue weighted by molar-refractivity contribution is 7.15. The van der Waals surface area contributed by atoms with Crippen molar-refractivity contribution in [3.63, 3.8) is 0 Å². The van der Waals surface area contributed by atoms with Crippen molar-refractivity contribution in [2.45, 2.75) is 19.9 Å². The van der Waals surface area contributed by atoms with Crippen LogP contribution in [0.3, 0.4) is 0 Å². The lowest BCUT2D eigenvalue weighted by molar-refractivity contribution is 0.0971. The number of benzene rings is 2. The van der Waals surface area contributed by atoms with E-state index in [9.17, 15) is 9.59 Å². The van der Waals surface area contributed by atoms with Crippen LogP contribution in [0, 0.1) is 13.8 Å². The molecule has 0 fully saturated rings. The van der Waals surface area contributed by atoms with E-state index in [0.29, 0.717) is 33.2 Å². The van der Waals surface area contributed by atoms with Gasteiger partial charge < -0.3 is 13.9 Å².